The highest BCUT2D eigenvalue weighted by Gasteiger charge is 2.28. The Morgan fingerprint density at radius 3 is 0.987 bits per heavy atom. The molecule has 0 fully saturated rings. The maximum absolute atomic E-state index is 13.0. The number of rotatable bonds is 61. The van der Waals surface area contributed by atoms with Crippen molar-refractivity contribution < 1.29 is 52.2 Å². The van der Waals surface area contributed by atoms with Crippen molar-refractivity contribution in [3.05, 3.63) is 48.6 Å². The van der Waals surface area contributed by atoms with E-state index in [4.69, 9.17) is 23.3 Å². The quantitative estimate of drug-likeness (QED) is 0.0197. The first-order valence-corrected chi connectivity index (χ1v) is 34.0. The molecule has 12 heteroatoms. The lowest BCUT2D eigenvalue weighted by atomic mass is 10.1. The smallest absolute Gasteiger partial charge is 0.462 e. The zero-order valence-electron chi connectivity index (χ0n) is 50.6. The van der Waals surface area contributed by atoms with Crippen LogP contribution in [0.5, 0.6) is 0 Å². The van der Waals surface area contributed by atoms with E-state index in [9.17, 15) is 28.9 Å². The number of allylic oxidation sites excluding steroid dienone is 8. The third-order valence-electron chi connectivity index (χ3n) is 14.2. The normalized spacial score (nSPS) is 13.6. The minimum absolute atomic E-state index is 0.165. The van der Waals surface area contributed by atoms with E-state index in [1.165, 1.54) is 161 Å². The summed E-state index contributed by atoms with van der Waals surface area (Å²) in [6, 6.07) is 0. The van der Waals surface area contributed by atoms with Crippen LogP contribution in [0.4, 0.5) is 0 Å². The van der Waals surface area contributed by atoms with Crippen LogP contribution in [0.15, 0.2) is 48.6 Å². The second kappa shape index (κ2) is 60.5. The highest BCUT2D eigenvalue weighted by Crippen LogP contribution is 2.43. The first-order valence-electron chi connectivity index (χ1n) is 32.5. The van der Waals surface area contributed by atoms with Crippen LogP contribution in [0.3, 0.4) is 0 Å². The molecule has 0 amide bonds. The molecule has 0 bridgehead atoms. The van der Waals surface area contributed by atoms with Gasteiger partial charge < -0.3 is 24.2 Å². The molecule has 78 heavy (non-hydrogen) atoms. The summed E-state index contributed by atoms with van der Waals surface area (Å²) in [4.78, 5) is 48.7. The molecule has 456 valence electrons. The fourth-order valence-electron chi connectivity index (χ4n) is 9.20. The predicted molar refractivity (Wildman–Crippen MR) is 325 cm³/mol. The molecule has 0 aromatic carbocycles. The lowest BCUT2D eigenvalue weighted by molar-refractivity contribution is -0.161. The Balaban J connectivity index is 4.68. The summed E-state index contributed by atoms with van der Waals surface area (Å²) in [5.41, 5.74) is 0. The fourth-order valence-corrected chi connectivity index (χ4v) is 9.99. The Bertz CT molecular complexity index is 1490. The Hall–Kier alpha value is -2.56. The van der Waals surface area contributed by atoms with Gasteiger partial charge in [0.15, 0.2) is 6.10 Å². The highest BCUT2D eigenvalue weighted by molar-refractivity contribution is 7.47. The zero-order chi connectivity index (χ0) is 56.9. The van der Waals surface area contributed by atoms with Gasteiger partial charge in [-0.25, -0.2) is 4.57 Å². The molecule has 2 N–H and O–H groups in total. The van der Waals surface area contributed by atoms with Crippen molar-refractivity contribution in [1.82, 2.24) is 0 Å². The molecule has 0 aromatic heterocycles. The summed E-state index contributed by atoms with van der Waals surface area (Å²) >= 11 is 0. The largest absolute Gasteiger partial charge is 0.472 e. The topological polar surface area (TPSA) is 155 Å². The molecule has 3 atom stereocenters. The van der Waals surface area contributed by atoms with Gasteiger partial charge in [-0.3, -0.25) is 23.4 Å². The summed E-state index contributed by atoms with van der Waals surface area (Å²) in [6.45, 7) is 4.65. The van der Waals surface area contributed by atoms with Crippen LogP contribution in [-0.2, 0) is 42.2 Å². The Labute approximate surface area is 479 Å². The van der Waals surface area contributed by atoms with Gasteiger partial charge in [-0.15, -0.1) is 0 Å². The number of phosphoric ester groups is 1. The average Bonchev–Trinajstić information content (AvgIpc) is 3.43. The minimum atomic E-state index is -4.76. The molecule has 3 unspecified atom stereocenters. The maximum Gasteiger partial charge on any atom is 0.472 e. The minimum Gasteiger partial charge on any atom is -0.462 e. The van der Waals surface area contributed by atoms with Gasteiger partial charge in [0.2, 0.25) is 0 Å². The number of aliphatic hydroxyl groups is 1. The van der Waals surface area contributed by atoms with Crippen LogP contribution < -0.4 is 0 Å². The Morgan fingerprint density at radius 1 is 0.359 bits per heavy atom. The van der Waals surface area contributed by atoms with Crippen molar-refractivity contribution in [3.63, 3.8) is 0 Å². The second-order valence-corrected chi connectivity index (χ2v) is 23.4. The SMILES string of the molecule is CCCCC/C=C\C/C=C\CCCCCCCCCC(=O)OC(CO)COP(=O)(O)OCC(COC(=O)CCCCCCC/C=C\CCCCCCCC)OC(=O)CCCCCCCCCCC/C=C\CCCCCCCC. The Morgan fingerprint density at radius 2 is 0.628 bits per heavy atom. The van der Waals surface area contributed by atoms with Gasteiger partial charge in [-0.05, 0) is 103 Å². The predicted octanol–water partition coefficient (Wildman–Crippen LogP) is 19.7. The number of aliphatic hydroxyl groups excluding tert-OH is 1. The number of carbonyl (C=O) groups excluding carboxylic acids is 3. The second-order valence-electron chi connectivity index (χ2n) is 21.9. The molecule has 0 heterocycles. The van der Waals surface area contributed by atoms with Crippen molar-refractivity contribution in [2.75, 3.05) is 26.4 Å². The standard InChI is InChI=1S/C66H121O11P/c1-4-7-10-13-16-19-22-25-28-30-31-33-36-39-42-45-48-51-54-57-66(70)77-63(59-73-64(68)55-52-49-46-43-40-37-34-27-24-21-18-15-12-9-6-3)61-75-78(71,72)74-60-62(58-67)76-65(69)56-53-50-47-44-41-38-35-32-29-26-23-20-17-14-11-8-5-2/h17,20,25-29,34,62-63,67H,4-16,18-19,21-24,30-33,35-61H2,1-3H3,(H,71,72)/b20-17-,28-25-,29-26-,34-27-. The van der Waals surface area contributed by atoms with E-state index < -0.39 is 57.8 Å². The van der Waals surface area contributed by atoms with Crippen molar-refractivity contribution in [2.45, 2.75) is 328 Å². The molecule has 0 saturated heterocycles. The van der Waals surface area contributed by atoms with Crippen molar-refractivity contribution in [2.24, 2.45) is 0 Å². The van der Waals surface area contributed by atoms with Crippen LogP contribution in [0.1, 0.15) is 316 Å². The number of esters is 3. The number of hydrogen-bond donors (Lipinski definition) is 2. The van der Waals surface area contributed by atoms with Crippen molar-refractivity contribution in [3.8, 4) is 0 Å². The molecule has 0 radical (unpaired) electrons. The van der Waals surface area contributed by atoms with E-state index >= 15 is 0 Å². The average molecular weight is 1120 g/mol. The summed E-state index contributed by atoms with van der Waals surface area (Å²) in [5.74, 6) is -1.46. The number of ether oxygens (including phenoxy) is 3. The van der Waals surface area contributed by atoms with Crippen molar-refractivity contribution in [1.29, 1.82) is 0 Å². The van der Waals surface area contributed by atoms with Gasteiger partial charge in [-0.1, -0.05) is 243 Å². The molecule has 0 spiro atoms. The lowest BCUT2D eigenvalue weighted by Crippen LogP contribution is -2.30. The van der Waals surface area contributed by atoms with E-state index in [2.05, 4.69) is 69.4 Å². The van der Waals surface area contributed by atoms with E-state index in [0.29, 0.717) is 19.3 Å². The van der Waals surface area contributed by atoms with Crippen LogP contribution >= 0.6 is 7.82 Å². The fraction of sp³-hybridized carbons (Fsp3) is 0.833. The van der Waals surface area contributed by atoms with E-state index in [1.54, 1.807) is 0 Å². The van der Waals surface area contributed by atoms with Crippen LogP contribution in [0.2, 0.25) is 0 Å². The molecule has 0 aliphatic rings. The van der Waals surface area contributed by atoms with Crippen molar-refractivity contribution >= 4 is 25.7 Å². The van der Waals surface area contributed by atoms with Gasteiger partial charge in [-0.2, -0.15) is 0 Å². The molecular formula is C66H121O11P. The number of phosphoric acid groups is 1. The van der Waals surface area contributed by atoms with Crippen LogP contribution in [-0.4, -0.2) is 66.5 Å². The molecule has 0 aliphatic heterocycles. The van der Waals surface area contributed by atoms with Gasteiger partial charge >= 0.3 is 25.7 Å². The van der Waals surface area contributed by atoms with E-state index in [-0.39, 0.29) is 25.9 Å². The maximum atomic E-state index is 13.0. The summed E-state index contributed by atoms with van der Waals surface area (Å²) in [6.07, 6.45) is 66.3. The summed E-state index contributed by atoms with van der Waals surface area (Å²) in [7, 11) is -4.76. The third kappa shape index (κ3) is 58.1. The molecule has 0 rings (SSSR count). The highest BCUT2D eigenvalue weighted by atomic mass is 31.2. The Kier molecular flexibility index (Phi) is 58.5. The molecule has 11 nitrogen and oxygen atoms in total. The lowest BCUT2D eigenvalue weighted by Gasteiger charge is -2.21. The summed E-state index contributed by atoms with van der Waals surface area (Å²) < 4.78 is 39.7. The first kappa shape index (κ1) is 75.4. The molecule has 0 aromatic rings. The number of carbonyl (C=O) groups is 3. The van der Waals surface area contributed by atoms with E-state index in [0.717, 1.165) is 96.3 Å². The van der Waals surface area contributed by atoms with Crippen LogP contribution in [0.25, 0.3) is 0 Å². The molecular weight excluding hydrogens is 1000 g/mol. The van der Waals surface area contributed by atoms with Gasteiger partial charge in [0.25, 0.3) is 0 Å². The first-order chi connectivity index (χ1) is 38.2. The number of unbranched alkanes of at least 4 members (excludes halogenated alkanes) is 36. The van der Waals surface area contributed by atoms with Crippen LogP contribution in [0, 0.1) is 0 Å². The van der Waals surface area contributed by atoms with Gasteiger partial charge in [0.1, 0.15) is 12.7 Å². The summed E-state index contributed by atoms with van der Waals surface area (Å²) in [5, 5.41) is 9.85. The monoisotopic (exact) mass is 1120 g/mol. The van der Waals surface area contributed by atoms with Gasteiger partial charge in [0.05, 0.1) is 19.8 Å². The molecule has 0 saturated carbocycles. The third-order valence-corrected chi connectivity index (χ3v) is 15.1. The number of hydrogen-bond acceptors (Lipinski definition) is 10. The van der Waals surface area contributed by atoms with E-state index in [1.807, 2.05) is 0 Å². The van der Waals surface area contributed by atoms with Gasteiger partial charge in [0, 0.05) is 19.3 Å². The molecule has 0 aliphatic carbocycles. The zero-order valence-corrected chi connectivity index (χ0v) is 51.5.